The first-order chi connectivity index (χ1) is 6.81. The van der Waals surface area contributed by atoms with Crippen LogP contribution in [0.3, 0.4) is 0 Å². The first-order valence-electron chi connectivity index (χ1n) is 5.26. The van der Waals surface area contributed by atoms with E-state index >= 15 is 0 Å². The zero-order valence-electron chi connectivity index (χ0n) is 9.91. The van der Waals surface area contributed by atoms with Crippen molar-refractivity contribution in [2.45, 2.75) is 34.1 Å². The molecule has 0 unspecified atom stereocenters. The van der Waals surface area contributed by atoms with Gasteiger partial charge < -0.3 is 10.0 Å². The summed E-state index contributed by atoms with van der Waals surface area (Å²) in [6.45, 7) is 8.33. The maximum absolute atomic E-state index is 9.34. The maximum Gasteiger partial charge on any atom is 0.488 e. The highest BCUT2D eigenvalue weighted by atomic mass is 16.4. The first kappa shape index (κ1) is 12.3. The summed E-state index contributed by atoms with van der Waals surface area (Å²) in [4.78, 5) is 0. The highest BCUT2D eigenvalue weighted by molar-refractivity contribution is 6.59. The fourth-order valence-electron chi connectivity index (χ4n) is 1.84. The Hall–Kier alpha value is -0.795. The van der Waals surface area contributed by atoms with Crippen molar-refractivity contribution in [2.75, 3.05) is 0 Å². The van der Waals surface area contributed by atoms with Crippen LogP contribution in [0.1, 0.15) is 31.9 Å². The predicted molar refractivity (Wildman–Crippen MR) is 64.2 cm³/mol. The molecule has 0 saturated carbocycles. The molecule has 0 amide bonds. The second-order valence-electron chi connectivity index (χ2n) is 5.26. The van der Waals surface area contributed by atoms with Gasteiger partial charge in [-0.3, -0.25) is 0 Å². The van der Waals surface area contributed by atoms with Gasteiger partial charge in [0.1, 0.15) is 0 Å². The Bertz CT molecular complexity index is 340. The molecule has 0 saturated heterocycles. The largest absolute Gasteiger partial charge is 0.488 e. The van der Waals surface area contributed by atoms with Gasteiger partial charge in [-0.1, -0.05) is 44.5 Å². The molecule has 0 aliphatic heterocycles. The molecule has 1 aromatic rings. The Morgan fingerprint density at radius 1 is 1.20 bits per heavy atom. The van der Waals surface area contributed by atoms with E-state index in [4.69, 9.17) is 0 Å². The molecule has 1 aromatic carbocycles. The van der Waals surface area contributed by atoms with Crippen LogP contribution in [-0.2, 0) is 6.42 Å². The van der Waals surface area contributed by atoms with Crippen molar-refractivity contribution in [1.29, 1.82) is 0 Å². The third kappa shape index (κ3) is 3.36. The van der Waals surface area contributed by atoms with Crippen LogP contribution in [0.5, 0.6) is 0 Å². The van der Waals surface area contributed by atoms with Gasteiger partial charge in [-0.2, -0.15) is 0 Å². The molecule has 0 aromatic heterocycles. The molecule has 15 heavy (non-hydrogen) atoms. The molecule has 0 aliphatic rings. The number of hydrogen-bond donors (Lipinski definition) is 2. The summed E-state index contributed by atoms with van der Waals surface area (Å²) in [7, 11) is -1.37. The van der Waals surface area contributed by atoms with E-state index in [1.165, 1.54) is 0 Å². The van der Waals surface area contributed by atoms with E-state index in [-0.39, 0.29) is 5.41 Å². The van der Waals surface area contributed by atoms with E-state index in [2.05, 4.69) is 20.8 Å². The highest BCUT2D eigenvalue weighted by Gasteiger charge is 2.21. The lowest BCUT2D eigenvalue weighted by Gasteiger charge is -2.21. The first-order valence-corrected chi connectivity index (χ1v) is 5.26. The van der Waals surface area contributed by atoms with Gasteiger partial charge in [0.05, 0.1) is 0 Å². The Kier molecular flexibility index (Phi) is 3.58. The van der Waals surface area contributed by atoms with Crippen LogP contribution < -0.4 is 5.46 Å². The topological polar surface area (TPSA) is 40.5 Å². The van der Waals surface area contributed by atoms with Crippen molar-refractivity contribution >= 4 is 12.6 Å². The summed E-state index contributed by atoms with van der Waals surface area (Å²) in [6.07, 6.45) is 0.849. The van der Waals surface area contributed by atoms with Gasteiger partial charge in [-0.05, 0) is 29.8 Å². The van der Waals surface area contributed by atoms with Gasteiger partial charge in [0.15, 0.2) is 0 Å². The van der Waals surface area contributed by atoms with Crippen LogP contribution in [0.15, 0.2) is 18.2 Å². The van der Waals surface area contributed by atoms with Crippen LogP contribution >= 0.6 is 0 Å². The lowest BCUT2D eigenvalue weighted by atomic mass is 9.71. The SMILES string of the molecule is Cc1cccc(CC(C)(C)C)c1B(O)O. The Morgan fingerprint density at radius 3 is 2.27 bits per heavy atom. The lowest BCUT2D eigenvalue weighted by molar-refractivity contribution is 0.407. The number of rotatable bonds is 2. The molecular weight excluding hydrogens is 187 g/mol. The highest BCUT2D eigenvalue weighted by Crippen LogP contribution is 2.20. The number of aryl methyl sites for hydroxylation is 1. The Labute approximate surface area is 92.1 Å². The molecule has 2 nitrogen and oxygen atoms in total. The van der Waals surface area contributed by atoms with Crippen molar-refractivity contribution in [2.24, 2.45) is 5.41 Å². The van der Waals surface area contributed by atoms with Crippen molar-refractivity contribution in [3.63, 3.8) is 0 Å². The third-order valence-corrected chi connectivity index (χ3v) is 2.39. The van der Waals surface area contributed by atoms with E-state index in [9.17, 15) is 10.0 Å². The molecule has 82 valence electrons. The standard InChI is InChI=1S/C12H19BO2/c1-9-6-5-7-10(8-12(2,3)4)11(9)13(14)15/h5-7,14-15H,8H2,1-4H3. The van der Waals surface area contributed by atoms with Crippen molar-refractivity contribution < 1.29 is 10.0 Å². The normalized spacial score (nSPS) is 11.6. The second-order valence-corrected chi connectivity index (χ2v) is 5.26. The lowest BCUT2D eigenvalue weighted by Crippen LogP contribution is -2.36. The van der Waals surface area contributed by atoms with Gasteiger partial charge in [-0.15, -0.1) is 0 Å². The fourth-order valence-corrected chi connectivity index (χ4v) is 1.84. The van der Waals surface area contributed by atoms with Gasteiger partial charge in [0, 0.05) is 0 Å². The molecular formula is C12H19BO2. The zero-order valence-corrected chi connectivity index (χ0v) is 9.91. The molecule has 0 radical (unpaired) electrons. The van der Waals surface area contributed by atoms with Crippen LogP contribution in [0.4, 0.5) is 0 Å². The Morgan fingerprint density at radius 2 is 1.80 bits per heavy atom. The van der Waals surface area contributed by atoms with E-state index in [1.807, 2.05) is 25.1 Å². The molecule has 2 N–H and O–H groups in total. The molecule has 0 atom stereocenters. The van der Waals surface area contributed by atoms with Gasteiger partial charge in [-0.25, -0.2) is 0 Å². The summed E-state index contributed by atoms with van der Waals surface area (Å²) in [5.41, 5.74) is 2.77. The van der Waals surface area contributed by atoms with Crippen LogP contribution in [0.2, 0.25) is 0 Å². The van der Waals surface area contributed by atoms with Gasteiger partial charge >= 0.3 is 7.12 Å². The van der Waals surface area contributed by atoms with E-state index < -0.39 is 7.12 Å². The summed E-state index contributed by atoms with van der Waals surface area (Å²) in [6, 6.07) is 5.83. The molecule has 0 spiro atoms. The zero-order chi connectivity index (χ0) is 11.6. The van der Waals surface area contributed by atoms with Crippen molar-refractivity contribution in [3.8, 4) is 0 Å². The third-order valence-electron chi connectivity index (χ3n) is 2.39. The molecule has 0 aliphatic carbocycles. The average Bonchev–Trinajstić information content (AvgIpc) is 1.99. The predicted octanol–water partition coefficient (Wildman–Crippen LogP) is 1.26. The van der Waals surface area contributed by atoms with Gasteiger partial charge in [0.2, 0.25) is 0 Å². The summed E-state index contributed by atoms with van der Waals surface area (Å²) in [5, 5.41) is 18.7. The van der Waals surface area contributed by atoms with E-state index in [0.29, 0.717) is 5.46 Å². The smallest absolute Gasteiger partial charge is 0.423 e. The molecule has 0 fully saturated rings. The average molecular weight is 206 g/mol. The van der Waals surface area contributed by atoms with Crippen molar-refractivity contribution in [3.05, 3.63) is 29.3 Å². The van der Waals surface area contributed by atoms with Crippen LogP contribution in [0, 0.1) is 12.3 Å². The minimum Gasteiger partial charge on any atom is -0.423 e. The summed E-state index contributed by atoms with van der Waals surface area (Å²) >= 11 is 0. The van der Waals surface area contributed by atoms with E-state index in [0.717, 1.165) is 17.5 Å². The molecule has 1 rings (SSSR count). The quantitative estimate of drug-likeness (QED) is 0.715. The maximum atomic E-state index is 9.34. The summed E-state index contributed by atoms with van der Waals surface area (Å²) in [5.74, 6) is 0. The van der Waals surface area contributed by atoms with Gasteiger partial charge in [0.25, 0.3) is 0 Å². The molecule has 3 heteroatoms. The van der Waals surface area contributed by atoms with Crippen molar-refractivity contribution in [1.82, 2.24) is 0 Å². The minimum absolute atomic E-state index is 0.150. The molecule has 0 heterocycles. The fraction of sp³-hybridized carbons (Fsp3) is 0.500. The monoisotopic (exact) mass is 206 g/mol. The summed E-state index contributed by atoms with van der Waals surface area (Å²) < 4.78 is 0. The number of benzene rings is 1. The molecule has 0 bridgehead atoms. The van der Waals surface area contributed by atoms with Crippen LogP contribution in [0.25, 0.3) is 0 Å². The second kappa shape index (κ2) is 4.37. The van der Waals surface area contributed by atoms with Crippen LogP contribution in [-0.4, -0.2) is 17.2 Å². The van der Waals surface area contributed by atoms with E-state index in [1.54, 1.807) is 0 Å². The number of hydrogen-bond acceptors (Lipinski definition) is 2. The minimum atomic E-state index is -1.37. The Balaban J connectivity index is 3.12.